The monoisotopic (exact) mass is 169 g/mol. The Morgan fingerprint density at radius 3 is 2.33 bits per heavy atom. The molecule has 0 aliphatic heterocycles. The SMILES string of the molecule is CC/C=C(\CC)CCCN(C)C. The third kappa shape index (κ3) is 6.41. The molecule has 0 amide bonds. The summed E-state index contributed by atoms with van der Waals surface area (Å²) in [4.78, 5) is 2.25. The lowest BCUT2D eigenvalue weighted by atomic mass is 10.1. The summed E-state index contributed by atoms with van der Waals surface area (Å²) >= 11 is 0. The molecule has 72 valence electrons. The summed E-state index contributed by atoms with van der Waals surface area (Å²) in [6, 6.07) is 0. The molecule has 0 aromatic heterocycles. The van der Waals surface area contributed by atoms with Crippen LogP contribution in [0.4, 0.5) is 0 Å². The zero-order valence-electron chi connectivity index (χ0n) is 9.06. The number of nitrogens with zero attached hydrogens (tertiary/aromatic N) is 1. The van der Waals surface area contributed by atoms with Gasteiger partial charge in [-0.1, -0.05) is 25.5 Å². The van der Waals surface area contributed by atoms with Crippen molar-refractivity contribution in [2.24, 2.45) is 0 Å². The summed E-state index contributed by atoms with van der Waals surface area (Å²) in [5, 5.41) is 0. The molecule has 0 radical (unpaired) electrons. The van der Waals surface area contributed by atoms with Crippen molar-refractivity contribution in [3.63, 3.8) is 0 Å². The van der Waals surface area contributed by atoms with Crippen LogP contribution in [0.5, 0.6) is 0 Å². The highest BCUT2D eigenvalue weighted by Crippen LogP contribution is 2.10. The van der Waals surface area contributed by atoms with Crippen LogP contribution in [0.15, 0.2) is 11.6 Å². The Morgan fingerprint density at radius 2 is 1.92 bits per heavy atom. The Balaban J connectivity index is 3.52. The van der Waals surface area contributed by atoms with Gasteiger partial charge in [0, 0.05) is 0 Å². The first-order chi connectivity index (χ1) is 5.70. The van der Waals surface area contributed by atoms with Gasteiger partial charge in [0.2, 0.25) is 0 Å². The molecule has 12 heavy (non-hydrogen) atoms. The highest BCUT2D eigenvalue weighted by molar-refractivity contribution is 5.00. The van der Waals surface area contributed by atoms with E-state index >= 15 is 0 Å². The van der Waals surface area contributed by atoms with Crippen molar-refractivity contribution in [2.75, 3.05) is 20.6 Å². The molecule has 1 nitrogen and oxygen atoms in total. The van der Waals surface area contributed by atoms with Gasteiger partial charge in [0.05, 0.1) is 0 Å². The van der Waals surface area contributed by atoms with E-state index in [1.165, 1.54) is 32.2 Å². The topological polar surface area (TPSA) is 3.24 Å². The zero-order valence-corrected chi connectivity index (χ0v) is 9.06. The van der Waals surface area contributed by atoms with Crippen molar-refractivity contribution in [3.8, 4) is 0 Å². The van der Waals surface area contributed by atoms with Crippen LogP contribution >= 0.6 is 0 Å². The number of hydrogen-bond acceptors (Lipinski definition) is 1. The molecule has 0 atom stereocenters. The fraction of sp³-hybridized carbons (Fsp3) is 0.818. The van der Waals surface area contributed by atoms with E-state index in [1.807, 2.05) is 0 Å². The smallest absolute Gasteiger partial charge is 0.00218 e. The van der Waals surface area contributed by atoms with Crippen molar-refractivity contribution in [1.82, 2.24) is 4.90 Å². The minimum atomic E-state index is 1.19. The van der Waals surface area contributed by atoms with E-state index in [4.69, 9.17) is 0 Å². The highest BCUT2D eigenvalue weighted by Gasteiger charge is 1.94. The van der Waals surface area contributed by atoms with Gasteiger partial charge < -0.3 is 4.90 Å². The Morgan fingerprint density at radius 1 is 1.25 bits per heavy atom. The minimum absolute atomic E-state index is 1.19. The van der Waals surface area contributed by atoms with E-state index in [2.05, 4.69) is 38.9 Å². The van der Waals surface area contributed by atoms with Crippen LogP contribution in [0.3, 0.4) is 0 Å². The maximum absolute atomic E-state index is 2.37. The van der Waals surface area contributed by atoms with E-state index in [9.17, 15) is 0 Å². The predicted octanol–water partition coefficient (Wildman–Crippen LogP) is 3.07. The number of hydrogen-bond donors (Lipinski definition) is 0. The van der Waals surface area contributed by atoms with Gasteiger partial charge in [0.25, 0.3) is 0 Å². The molecule has 0 aliphatic carbocycles. The highest BCUT2D eigenvalue weighted by atomic mass is 15.0. The lowest BCUT2D eigenvalue weighted by Crippen LogP contribution is -2.12. The van der Waals surface area contributed by atoms with Gasteiger partial charge >= 0.3 is 0 Å². The molecule has 0 spiro atoms. The summed E-state index contributed by atoms with van der Waals surface area (Å²) in [7, 11) is 4.27. The Bertz CT molecular complexity index is 125. The lowest BCUT2D eigenvalue weighted by Gasteiger charge is -2.09. The van der Waals surface area contributed by atoms with Gasteiger partial charge in [0.1, 0.15) is 0 Å². The quantitative estimate of drug-likeness (QED) is 0.552. The molecule has 0 heterocycles. The van der Waals surface area contributed by atoms with Gasteiger partial charge in [-0.3, -0.25) is 0 Å². The molecule has 0 aromatic rings. The molecule has 0 aliphatic rings. The fourth-order valence-electron chi connectivity index (χ4n) is 1.33. The second-order valence-electron chi connectivity index (χ2n) is 3.53. The molecular formula is C11H23N. The largest absolute Gasteiger partial charge is 0.309 e. The summed E-state index contributed by atoms with van der Waals surface area (Å²) in [5.74, 6) is 0. The van der Waals surface area contributed by atoms with E-state index < -0.39 is 0 Å². The summed E-state index contributed by atoms with van der Waals surface area (Å²) in [5.41, 5.74) is 1.62. The first-order valence-corrected chi connectivity index (χ1v) is 5.03. The second kappa shape index (κ2) is 7.35. The maximum atomic E-state index is 2.37. The predicted molar refractivity (Wildman–Crippen MR) is 56.5 cm³/mol. The Labute approximate surface area is 77.5 Å². The van der Waals surface area contributed by atoms with Gasteiger partial charge in [-0.05, 0) is 46.3 Å². The van der Waals surface area contributed by atoms with Gasteiger partial charge in [-0.2, -0.15) is 0 Å². The van der Waals surface area contributed by atoms with Gasteiger partial charge in [-0.25, -0.2) is 0 Å². The van der Waals surface area contributed by atoms with Crippen LogP contribution in [0.25, 0.3) is 0 Å². The molecule has 0 bridgehead atoms. The molecular weight excluding hydrogens is 146 g/mol. The molecule has 0 unspecified atom stereocenters. The van der Waals surface area contributed by atoms with Crippen LogP contribution in [-0.4, -0.2) is 25.5 Å². The average molecular weight is 169 g/mol. The number of rotatable bonds is 6. The third-order valence-corrected chi connectivity index (χ3v) is 2.05. The van der Waals surface area contributed by atoms with Crippen LogP contribution < -0.4 is 0 Å². The van der Waals surface area contributed by atoms with Crippen molar-refractivity contribution in [2.45, 2.75) is 39.5 Å². The van der Waals surface area contributed by atoms with Gasteiger partial charge in [-0.15, -0.1) is 0 Å². The average Bonchev–Trinajstić information content (AvgIpc) is 2.02. The van der Waals surface area contributed by atoms with Crippen LogP contribution in [0.1, 0.15) is 39.5 Å². The minimum Gasteiger partial charge on any atom is -0.309 e. The molecule has 0 aromatic carbocycles. The van der Waals surface area contributed by atoms with Crippen LogP contribution in [-0.2, 0) is 0 Å². The van der Waals surface area contributed by atoms with E-state index in [-0.39, 0.29) is 0 Å². The van der Waals surface area contributed by atoms with E-state index in [0.29, 0.717) is 0 Å². The van der Waals surface area contributed by atoms with E-state index in [0.717, 1.165) is 0 Å². The van der Waals surface area contributed by atoms with Gasteiger partial charge in [0.15, 0.2) is 0 Å². The number of allylic oxidation sites excluding steroid dienone is 2. The fourth-order valence-corrected chi connectivity index (χ4v) is 1.33. The van der Waals surface area contributed by atoms with Crippen molar-refractivity contribution in [1.29, 1.82) is 0 Å². The maximum Gasteiger partial charge on any atom is -0.00218 e. The molecule has 1 heteroatoms. The third-order valence-electron chi connectivity index (χ3n) is 2.05. The molecule has 0 saturated heterocycles. The Hall–Kier alpha value is -0.300. The van der Waals surface area contributed by atoms with Crippen molar-refractivity contribution in [3.05, 3.63) is 11.6 Å². The summed E-state index contributed by atoms with van der Waals surface area (Å²) in [6.07, 6.45) is 7.36. The van der Waals surface area contributed by atoms with Crippen molar-refractivity contribution < 1.29 is 0 Å². The molecule has 0 saturated carbocycles. The normalized spacial score (nSPS) is 12.6. The standard InChI is InChI=1S/C11H23N/c1-5-8-11(6-2)9-7-10-12(3)4/h8H,5-7,9-10H2,1-4H3/b11-8+. The first-order valence-electron chi connectivity index (χ1n) is 5.03. The molecule has 0 N–H and O–H groups in total. The Kier molecular flexibility index (Phi) is 7.17. The van der Waals surface area contributed by atoms with Crippen molar-refractivity contribution >= 4 is 0 Å². The summed E-state index contributed by atoms with van der Waals surface area (Å²) < 4.78 is 0. The molecule has 0 rings (SSSR count). The van der Waals surface area contributed by atoms with Crippen LogP contribution in [0, 0.1) is 0 Å². The lowest BCUT2D eigenvalue weighted by molar-refractivity contribution is 0.399. The summed E-state index contributed by atoms with van der Waals surface area (Å²) in [6.45, 7) is 5.67. The second-order valence-corrected chi connectivity index (χ2v) is 3.53. The first kappa shape index (κ1) is 11.7. The van der Waals surface area contributed by atoms with E-state index in [1.54, 1.807) is 5.57 Å². The molecule has 0 fully saturated rings. The van der Waals surface area contributed by atoms with Crippen LogP contribution in [0.2, 0.25) is 0 Å². The zero-order chi connectivity index (χ0) is 9.40.